The molecule has 0 spiro atoms. The molecule has 1 aromatic rings. The largest absolute Gasteiger partial charge is 0.402 e. The molecule has 9 heteroatoms. The molecule has 19 heavy (non-hydrogen) atoms. The minimum atomic E-state index is -4.56. The molecule has 0 amide bonds. The van der Waals surface area contributed by atoms with Crippen LogP contribution >= 0.6 is 11.3 Å². The Bertz CT molecular complexity index is 549. The topological polar surface area (TPSA) is 57.6 Å². The third kappa shape index (κ3) is 3.47. The minimum absolute atomic E-state index is 0.160. The number of sulfonamides is 1. The summed E-state index contributed by atoms with van der Waals surface area (Å²) in [5.74, 6) is 0. The van der Waals surface area contributed by atoms with Gasteiger partial charge in [0.25, 0.3) is 10.0 Å². The van der Waals surface area contributed by atoms with Crippen molar-refractivity contribution in [2.75, 3.05) is 6.54 Å². The monoisotopic (exact) mass is 315 g/mol. The molecule has 0 aromatic carbocycles. The molecule has 0 unspecified atom stereocenters. The predicted octanol–water partition coefficient (Wildman–Crippen LogP) is 1.96. The first-order chi connectivity index (χ1) is 8.74. The van der Waals surface area contributed by atoms with Gasteiger partial charge >= 0.3 is 6.18 Å². The molecule has 1 aliphatic carbocycles. The van der Waals surface area contributed by atoms with Crippen LogP contribution in [0, 0.1) is 0 Å². The summed E-state index contributed by atoms with van der Waals surface area (Å²) in [5.41, 5.74) is 0. The van der Waals surface area contributed by atoms with Gasteiger partial charge in [0.15, 0.2) is 0 Å². The number of hydrogen-bond acceptors (Lipinski definition) is 4. The Morgan fingerprint density at radius 3 is 2.42 bits per heavy atom. The smallest absolute Gasteiger partial charge is 0.391 e. The number of alkyl halides is 3. The standard InChI is InChI=1S/C10H12F3NO3S2/c11-10(12,13)6-14(7-1-2-7)19(16,17)9-4-3-8(5-15)18-9/h3-4,7,15H,1-2,5-6H2. The van der Waals surface area contributed by atoms with Crippen LogP contribution in [0.3, 0.4) is 0 Å². The van der Waals surface area contributed by atoms with Crippen LogP contribution in [0.15, 0.2) is 16.3 Å². The zero-order valence-electron chi connectivity index (χ0n) is 9.72. The van der Waals surface area contributed by atoms with Crippen LogP contribution in [0.4, 0.5) is 13.2 Å². The molecule has 2 rings (SSSR count). The Morgan fingerprint density at radius 2 is 2.00 bits per heavy atom. The fourth-order valence-electron chi connectivity index (χ4n) is 1.65. The van der Waals surface area contributed by atoms with Crippen molar-refractivity contribution >= 4 is 21.4 Å². The van der Waals surface area contributed by atoms with E-state index >= 15 is 0 Å². The van der Waals surface area contributed by atoms with Crippen molar-refractivity contribution in [2.24, 2.45) is 0 Å². The summed E-state index contributed by atoms with van der Waals surface area (Å²) in [6.07, 6.45) is -3.66. The Labute approximate surface area is 112 Å². The minimum Gasteiger partial charge on any atom is -0.391 e. The van der Waals surface area contributed by atoms with Crippen molar-refractivity contribution in [3.05, 3.63) is 17.0 Å². The zero-order valence-corrected chi connectivity index (χ0v) is 11.4. The van der Waals surface area contributed by atoms with E-state index in [4.69, 9.17) is 5.11 Å². The molecule has 0 bridgehead atoms. The highest BCUT2D eigenvalue weighted by Gasteiger charge is 2.45. The van der Waals surface area contributed by atoms with Crippen LogP contribution in [0.25, 0.3) is 0 Å². The summed E-state index contributed by atoms with van der Waals surface area (Å²) < 4.78 is 62.1. The molecule has 0 saturated heterocycles. The number of thiophene rings is 1. The van der Waals surface area contributed by atoms with E-state index in [9.17, 15) is 21.6 Å². The first kappa shape index (κ1) is 14.8. The molecular weight excluding hydrogens is 303 g/mol. The molecule has 1 saturated carbocycles. The van der Waals surface area contributed by atoms with Gasteiger partial charge in [0.2, 0.25) is 0 Å². The highest BCUT2D eigenvalue weighted by Crippen LogP contribution is 2.36. The normalized spacial score (nSPS) is 17.1. The fraction of sp³-hybridized carbons (Fsp3) is 0.600. The van der Waals surface area contributed by atoms with Crippen LogP contribution in [-0.4, -0.2) is 36.6 Å². The lowest BCUT2D eigenvalue weighted by Crippen LogP contribution is -2.40. The van der Waals surface area contributed by atoms with Gasteiger partial charge in [0, 0.05) is 10.9 Å². The van der Waals surface area contributed by atoms with Gasteiger partial charge in [-0.15, -0.1) is 11.3 Å². The molecule has 0 atom stereocenters. The van der Waals surface area contributed by atoms with Gasteiger partial charge in [-0.05, 0) is 25.0 Å². The van der Waals surface area contributed by atoms with E-state index in [-0.39, 0.29) is 10.8 Å². The van der Waals surface area contributed by atoms with Crippen LogP contribution in [0.1, 0.15) is 17.7 Å². The van der Waals surface area contributed by atoms with Gasteiger partial charge in [0.05, 0.1) is 6.61 Å². The maximum Gasteiger partial charge on any atom is 0.402 e. The Kier molecular flexibility index (Phi) is 3.92. The van der Waals surface area contributed by atoms with Gasteiger partial charge in [-0.3, -0.25) is 0 Å². The molecule has 1 heterocycles. The average molecular weight is 315 g/mol. The molecule has 1 aliphatic rings. The second-order valence-corrected chi connectivity index (χ2v) is 7.56. The predicted molar refractivity (Wildman–Crippen MR) is 63.2 cm³/mol. The SMILES string of the molecule is O=S(=O)(c1ccc(CO)s1)N(CC(F)(F)F)C1CC1. The van der Waals surface area contributed by atoms with Crippen molar-refractivity contribution in [3.63, 3.8) is 0 Å². The van der Waals surface area contributed by atoms with Crippen molar-refractivity contribution in [3.8, 4) is 0 Å². The Morgan fingerprint density at radius 1 is 1.37 bits per heavy atom. The fourth-order valence-corrected chi connectivity index (χ4v) is 4.66. The van der Waals surface area contributed by atoms with E-state index in [1.807, 2.05) is 0 Å². The van der Waals surface area contributed by atoms with Crippen molar-refractivity contribution in [1.82, 2.24) is 4.31 Å². The molecule has 108 valence electrons. The van der Waals surface area contributed by atoms with Crippen molar-refractivity contribution in [1.29, 1.82) is 0 Å². The molecule has 1 aromatic heterocycles. The first-order valence-corrected chi connectivity index (χ1v) is 7.78. The second-order valence-electron chi connectivity index (χ2n) is 4.28. The number of hydrogen-bond donors (Lipinski definition) is 1. The van der Waals surface area contributed by atoms with E-state index in [0.717, 1.165) is 11.3 Å². The lowest BCUT2D eigenvalue weighted by atomic mass is 10.5. The molecule has 1 N–H and O–H groups in total. The van der Waals surface area contributed by atoms with Crippen LogP contribution in [-0.2, 0) is 16.6 Å². The van der Waals surface area contributed by atoms with Gasteiger partial charge in [0.1, 0.15) is 10.8 Å². The zero-order chi connectivity index (χ0) is 14.3. The van der Waals surface area contributed by atoms with E-state index in [1.165, 1.54) is 12.1 Å². The molecular formula is C10H12F3NO3S2. The van der Waals surface area contributed by atoms with Gasteiger partial charge < -0.3 is 5.11 Å². The summed E-state index contributed by atoms with van der Waals surface area (Å²) >= 11 is 0.792. The Balaban J connectivity index is 2.29. The lowest BCUT2D eigenvalue weighted by Gasteiger charge is -2.22. The summed E-state index contributed by atoms with van der Waals surface area (Å²) in [4.78, 5) is 0.404. The number of aliphatic hydroxyl groups is 1. The van der Waals surface area contributed by atoms with Gasteiger partial charge in [-0.1, -0.05) is 0 Å². The quantitative estimate of drug-likeness (QED) is 0.903. The molecule has 0 radical (unpaired) electrons. The maximum absolute atomic E-state index is 12.5. The first-order valence-electron chi connectivity index (χ1n) is 5.52. The summed E-state index contributed by atoms with van der Waals surface area (Å²) in [7, 11) is -4.14. The van der Waals surface area contributed by atoms with Crippen molar-refractivity contribution in [2.45, 2.75) is 35.9 Å². The summed E-state index contributed by atoms with van der Waals surface area (Å²) in [6.45, 7) is -1.80. The molecule has 4 nitrogen and oxygen atoms in total. The van der Waals surface area contributed by atoms with E-state index < -0.39 is 28.8 Å². The number of nitrogens with zero attached hydrogens (tertiary/aromatic N) is 1. The van der Waals surface area contributed by atoms with E-state index in [0.29, 0.717) is 22.0 Å². The lowest BCUT2D eigenvalue weighted by molar-refractivity contribution is -0.136. The van der Waals surface area contributed by atoms with Crippen molar-refractivity contribution < 1.29 is 26.7 Å². The van der Waals surface area contributed by atoms with Crippen LogP contribution < -0.4 is 0 Å². The number of aliphatic hydroxyl groups excluding tert-OH is 1. The van der Waals surface area contributed by atoms with Gasteiger partial charge in [-0.2, -0.15) is 17.5 Å². The number of halogens is 3. The molecule has 1 fully saturated rings. The highest BCUT2D eigenvalue weighted by molar-refractivity contribution is 7.91. The third-order valence-electron chi connectivity index (χ3n) is 2.65. The Hall–Kier alpha value is -0.640. The maximum atomic E-state index is 12.5. The van der Waals surface area contributed by atoms with Crippen LogP contribution in [0.2, 0.25) is 0 Å². The van der Waals surface area contributed by atoms with E-state index in [2.05, 4.69) is 0 Å². The average Bonchev–Trinajstić information content (AvgIpc) is 3.00. The molecule has 0 aliphatic heterocycles. The second kappa shape index (κ2) is 5.04. The van der Waals surface area contributed by atoms with Crippen LogP contribution in [0.5, 0.6) is 0 Å². The summed E-state index contributed by atoms with van der Waals surface area (Å²) in [6, 6.07) is 2.07. The summed E-state index contributed by atoms with van der Waals surface area (Å²) in [5, 5.41) is 8.89. The third-order valence-corrected chi connectivity index (χ3v) is 6.08. The highest BCUT2D eigenvalue weighted by atomic mass is 32.2. The number of rotatable bonds is 5. The van der Waals surface area contributed by atoms with E-state index in [1.54, 1.807) is 0 Å². The van der Waals surface area contributed by atoms with Gasteiger partial charge in [-0.25, -0.2) is 8.42 Å².